The summed E-state index contributed by atoms with van der Waals surface area (Å²) in [5.74, 6) is 2.59. The van der Waals surface area contributed by atoms with Gasteiger partial charge in [0.05, 0.1) is 0 Å². The molecule has 1 unspecified atom stereocenters. The predicted octanol–water partition coefficient (Wildman–Crippen LogP) is 1.23. The molecule has 2 saturated carbocycles. The zero-order valence-corrected chi connectivity index (χ0v) is 5.05. The SMILES string of the molecule is CC1[C@H]2C(=O)CC[C@@H]12. The minimum absolute atomic E-state index is 0.509. The Kier molecular flexibility index (Phi) is 0.651. The smallest absolute Gasteiger partial charge is 0.136 e. The van der Waals surface area contributed by atoms with E-state index < -0.39 is 0 Å². The van der Waals surface area contributed by atoms with Gasteiger partial charge in [-0.05, 0) is 18.3 Å². The van der Waals surface area contributed by atoms with Crippen LogP contribution < -0.4 is 0 Å². The van der Waals surface area contributed by atoms with Crippen molar-refractivity contribution in [2.75, 3.05) is 0 Å². The minimum atomic E-state index is 0.509. The molecule has 2 aliphatic carbocycles. The second-order valence-electron chi connectivity index (χ2n) is 3.05. The monoisotopic (exact) mass is 110 g/mol. The maximum atomic E-state index is 10.8. The fourth-order valence-electron chi connectivity index (χ4n) is 2.00. The molecule has 0 amide bonds. The summed E-state index contributed by atoms with van der Waals surface area (Å²) < 4.78 is 0. The van der Waals surface area contributed by atoms with Crippen molar-refractivity contribution in [2.45, 2.75) is 19.8 Å². The first kappa shape index (κ1) is 4.54. The van der Waals surface area contributed by atoms with Crippen LogP contribution >= 0.6 is 0 Å². The van der Waals surface area contributed by atoms with Crippen molar-refractivity contribution < 1.29 is 4.79 Å². The van der Waals surface area contributed by atoms with Crippen molar-refractivity contribution in [2.24, 2.45) is 17.8 Å². The van der Waals surface area contributed by atoms with Crippen LogP contribution in [0.5, 0.6) is 0 Å². The number of ketones is 1. The molecule has 0 aromatic carbocycles. The van der Waals surface area contributed by atoms with Crippen LogP contribution in [-0.4, -0.2) is 5.78 Å². The Hall–Kier alpha value is -0.330. The third kappa shape index (κ3) is 0.355. The zero-order valence-electron chi connectivity index (χ0n) is 5.05. The molecule has 2 rings (SSSR count). The van der Waals surface area contributed by atoms with Gasteiger partial charge >= 0.3 is 0 Å². The van der Waals surface area contributed by atoms with Crippen LogP contribution in [-0.2, 0) is 4.79 Å². The average Bonchev–Trinajstić information content (AvgIpc) is 2.13. The average molecular weight is 110 g/mol. The summed E-state index contributed by atoms with van der Waals surface area (Å²) in [6.45, 7) is 2.19. The lowest BCUT2D eigenvalue weighted by Crippen LogP contribution is -1.95. The summed E-state index contributed by atoms with van der Waals surface area (Å²) in [5.41, 5.74) is 0. The Morgan fingerprint density at radius 3 is 2.62 bits per heavy atom. The van der Waals surface area contributed by atoms with Gasteiger partial charge in [0, 0.05) is 12.3 Å². The summed E-state index contributed by atoms with van der Waals surface area (Å²) in [6, 6.07) is 0. The van der Waals surface area contributed by atoms with Crippen LogP contribution in [0, 0.1) is 17.8 Å². The van der Waals surface area contributed by atoms with Crippen LogP contribution in [0.15, 0.2) is 0 Å². The van der Waals surface area contributed by atoms with Crippen LogP contribution in [0.25, 0.3) is 0 Å². The van der Waals surface area contributed by atoms with Gasteiger partial charge in [0.15, 0.2) is 0 Å². The molecule has 0 saturated heterocycles. The second kappa shape index (κ2) is 1.15. The first-order valence-electron chi connectivity index (χ1n) is 3.33. The van der Waals surface area contributed by atoms with E-state index in [1.807, 2.05) is 0 Å². The molecular formula is C7H10O. The van der Waals surface area contributed by atoms with Crippen LogP contribution in [0.3, 0.4) is 0 Å². The summed E-state index contributed by atoms with van der Waals surface area (Å²) >= 11 is 0. The van der Waals surface area contributed by atoms with E-state index in [0.717, 1.165) is 18.3 Å². The number of Topliss-reactive ketones (excluding diaryl/α,β-unsaturated/α-hetero) is 1. The highest BCUT2D eigenvalue weighted by Crippen LogP contribution is 2.54. The third-order valence-corrected chi connectivity index (χ3v) is 2.66. The second-order valence-corrected chi connectivity index (χ2v) is 3.05. The van der Waals surface area contributed by atoms with Gasteiger partial charge in [0.1, 0.15) is 5.78 Å². The Morgan fingerprint density at radius 1 is 1.62 bits per heavy atom. The van der Waals surface area contributed by atoms with Crippen LogP contribution in [0.1, 0.15) is 19.8 Å². The lowest BCUT2D eigenvalue weighted by Gasteiger charge is -1.89. The molecule has 0 N–H and O–H groups in total. The molecule has 0 aromatic heterocycles. The quantitative estimate of drug-likeness (QED) is 0.458. The van der Waals surface area contributed by atoms with E-state index >= 15 is 0 Å². The van der Waals surface area contributed by atoms with Gasteiger partial charge in [0.25, 0.3) is 0 Å². The number of fused-ring (bicyclic) bond motifs is 1. The van der Waals surface area contributed by atoms with Crippen molar-refractivity contribution in [1.82, 2.24) is 0 Å². The normalized spacial score (nSPS) is 51.6. The standard InChI is InChI=1S/C7H10O/c1-4-5-2-3-6(8)7(4)5/h4-5,7H,2-3H2,1H3/t4?,5-,7+/m0/s1. The number of hydrogen-bond donors (Lipinski definition) is 0. The molecule has 0 bridgehead atoms. The summed E-state index contributed by atoms with van der Waals surface area (Å²) in [6.07, 6.45) is 2.06. The van der Waals surface area contributed by atoms with Gasteiger partial charge in [-0.1, -0.05) is 6.92 Å². The molecule has 0 aromatic rings. The molecule has 1 heteroatoms. The molecule has 8 heavy (non-hydrogen) atoms. The number of carbonyl (C=O) groups is 1. The first-order valence-corrected chi connectivity index (χ1v) is 3.33. The lowest BCUT2D eigenvalue weighted by molar-refractivity contribution is -0.119. The van der Waals surface area contributed by atoms with E-state index in [9.17, 15) is 4.79 Å². The van der Waals surface area contributed by atoms with Gasteiger partial charge in [-0.15, -0.1) is 0 Å². The summed E-state index contributed by atoms with van der Waals surface area (Å²) in [5, 5.41) is 0. The molecule has 44 valence electrons. The summed E-state index contributed by atoms with van der Waals surface area (Å²) in [7, 11) is 0. The summed E-state index contributed by atoms with van der Waals surface area (Å²) in [4.78, 5) is 10.8. The highest BCUT2D eigenvalue weighted by molar-refractivity contribution is 5.86. The Labute approximate surface area is 49.1 Å². The van der Waals surface area contributed by atoms with Crippen molar-refractivity contribution >= 4 is 5.78 Å². The molecule has 3 atom stereocenters. The van der Waals surface area contributed by atoms with E-state index in [1.165, 1.54) is 6.42 Å². The number of carbonyl (C=O) groups excluding carboxylic acids is 1. The molecule has 0 spiro atoms. The molecule has 0 heterocycles. The Morgan fingerprint density at radius 2 is 2.38 bits per heavy atom. The van der Waals surface area contributed by atoms with Gasteiger partial charge in [-0.2, -0.15) is 0 Å². The van der Waals surface area contributed by atoms with E-state index in [-0.39, 0.29) is 0 Å². The highest BCUT2D eigenvalue weighted by atomic mass is 16.1. The van der Waals surface area contributed by atoms with Crippen molar-refractivity contribution in [3.8, 4) is 0 Å². The van der Waals surface area contributed by atoms with Gasteiger partial charge in [-0.25, -0.2) is 0 Å². The van der Waals surface area contributed by atoms with E-state index in [4.69, 9.17) is 0 Å². The van der Waals surface area contributed by atoms with Gasteiger partial charge in [0.2, 0.25) is 0 Å². The molecule has 2 fully saturated rings. The maximum absolute atomic E-state index is 10.8. The number of hydrogen-bond acceptors (Lipinski definition) is 1. The molecule has 1 nitrogen and oxygen atoms in total. The Balaban J connectivity index is 2.18. The van der Waals surface area contributed by atoms with Crippen molar-refractivity contribution in [1.29, 1.82) is 0 Å². The zero-order chi connectivity index (χ0) is 5.72. The molecular weight excluding hydrogens is 100 g/mol. The van der Waals surface area contributed by atoms with E-state index in [1.54, 1.807) is 0 Å². The molecule has 0 aliphatic heterocycles. The fraction of sp³-hybridized carbons (Fsp3) is 0.857. The van der Waals surface area contributed by atoms with Gasteiger partial charge in [-0.3, -0.25) is 4.79 Å². The fourth-order valence-corrected chi connectivity index (χ4v) is 2.00. The van der Waals surface area contributed by atoms with Crippen LogP contribution in [0.2, 0.25) is 0 Å². The van der Waals surface area contributed by atoms with Crippen molar-refractivity contribution in [3.63, 3.8) is 0 Å². The minimum Gasteiger partial charge on any atom is -0.299 e. The largest absolute Gasteiger partial charge is 0.299 e. The van der Waals surface area contributed by atoms with E-state index in [2.05, 4.69) is 6.92 Å². The molecule has 0 radical (unpaired) electrons. The third-order valence-electron chi connectivity index (χ3n) is 2.66. The lowest BCUT2D eigenvalue weighted by atomic mass is 10.2. The predicted molar refractivity (Wildman–Crippen MR) is 30.4 cm³/mol. The van der Waals surface area contributed by atoms with Crippen molar-refractivity contribution in [3.05, 3.63) is 0 Å². The first-order chi connectivity index (χ1) is 3.80. The van der Waals surface area contributed by atoms with Crippen LogP contribution in [0.4, 0.5) is 0 Å². The number of rotatable bonds is 0. The van der Waals surface area contributed by atoms with Gasteiger partial charge < -0.3 is 0 Å². The maximum Gasteiger partial charge on any atom is 0.136 e. The molecule has 2 aliphatic rings. The topological polar surface area (TPSA) is 17.1 Å². The van der Waals surface area contributed by atoms with E-state index in [0.29, 0.717) is 11.7 Å². The highest BCUT2D eigenvalue weighted by Gasteiger charge is 2.54. The Bertz CT molecular complexity index is 139.